The summed E-state index contributed by atoms with van der Waals surface area (Å²) in [4.78, 5) is 0. The molecule has 0 aromatic rings. The van der Waals surface area contributed by atoms with Crippen LogP contribution in [-0.2, 0) is 9.47 Å². The lowest BCUT2D eigenvalue weighted by molar-refractivity contribution is -0.300. The molecule has 0 aromatic carbocycles. The zero-order valence-electron chi connectivity index (χ0n) is 13.3. The van der Waals surface area contributed by atoms with Gasteiger partial charge in [-0.1, -0.05) is 23.8 Å². The molecule has 0 spiro atoms. The van der Waals surface area contributed by atoms with Crippen molar-refractivity contribution in [3.8, 4) is 0 Å². The molecular formula is C16H28O6. The summed E-state index contributed by atoms with van der Waals surface area (Å²) < 4.78 is 10.7. The van der Waals surface area contributed by atoms with Gasteiger partial charge in [-0.25, -0.2) is 0 Å². The van der Waals surface area contributed by atoms with Gasteiger partial charge in [-0.3, -0.25) is 0 Å². The fraction of sp³-hybridized carbons (Fsp3) is 0.750. The molecule has 1 aliphatic rings. The van der Waals surface area contributed by atoms with Crippen LogP contribution in [0.1, 0.15) is 33.1 Å². The Balaban J connectivity index is 2.34. The molecule has 0 aliphatic carbocycles. The van der Waals surface area contributed by atoms with Crippen LogP contribution in [0.3, 0.4) is 0 Å². The lowest BCUT2D eigenvalue weighted by Crippen LogP contribution is -2.59. The number of ether oxygens (including phenoxy) is 2. The predicted molar refractivity (Wildman–Crippen MR) is 82.1 cm³/mol. The van der Waals surface area contributed by atoms with Gasteiger partial charge in [-0.2, -0.15) is 0 Å². The fourth-order valence-electron chi connectivity index (χ4n) is 2.21. The van der Waals surface area contributed by atoms with E-state index in [0.29, 0.717) is 6.42 Å². The van der Waals surface area contributed by atoms with E-state index < -0.39 is 37.3 Å². The Morgan fingerprint density at radius 2 is 1.82 bits per heavy atom. The molecule has 4 N–H and O–H groups in total. The fourth-order valence-corrected chi connectivity index (χ4v) is 2.21. The molecule has 0 saturated carbocycles. The van der Waals surface area contributed by atoms with Crippen LogP contribution < -0.4 is 0 Å². The molecule has 0 unspecified atom stereocenters. The van der Waals surface area contributed by atoms with E-state index in [2.05, 4.69) is 12.7 Å². The van der Waals surface area contributed by atoms with Gasteiger partial charge in [-0.05, 0) is 33.1 Å². The second kappa shape index (κ2) is 9.39. The van der Waals surface area contributed by atoms with Gasteiger partial charge in [0.25, 0.3) is 0 Å². The highest BCUT2D eigenvalue weighted by molar-refractivity contribution is 5.00. The van der Waals surface area contributed by atoms with Crippen molar-refractivity contribution < 1.29 is 29.9 Å². The summed E-state index contributed by atoms with van der Waals surface area (Å²) in [6.07, 6.45) is -1.57. The molecule has 0 radical (unpaired) electrons. The van der Waals surface area contributed by atoms with Crippen LogP contribution in [0.5, 0.6) is 0 Å². The smallest absolute Gasteiger partial charge is 0.186 e. The SMILES string of the molecule is C=C(CCC=C(C)C)CCO[C@@H]1O[C@H](CO)[C@@H](O)[C@H](O)[C@H]1O. The quantitative estimate of drug-likeness (QED) is 0.487. The molecular weight excluding hydrogens is 288 g/mol. The number of rotatable bonds is 8. The summed E-state index contributed by atoms with van der Waals surface area (Å²) >= 11 is 0. The third-order valence-electron chi connectivity index (χ3n) is 3.64. The minimum Gasteiger partial charge on any atom is -0.394 e. The largest absolute Gasteiger partial charge is 0.394 e. The Kier molecular flexibility index (Phi) is 8.24. The third-order valence-corrected chi connectivity index (χ3v) is 3.64. The second-order valence-electron chi connectivity index (χ2n) is 5.89. The first-order valence-corrected chi connectivity index (χ1v) is 7.59. The highest BCUT2D eigenvalue weighted by atomic mass is 16.7. The van der Waals surface area contributed by atoms with Gasteiger partial charge in [0.1, 0.15) is 24.4 Å². The van der Waals surface area contributed by atoms with Crippen LogP contribution in [0.25, 0.3) is 0 Å². The Morgan fingerprint density at radius 1 is 1.14 bits per heavy atom. The lowest BCUT2D eigenvalue weighted by Gasteiger charge is -2.39. The Labute approximate surface area is 131 Å². The van der Waals surface area contributed by atoms with E-state index in [4.69, 9.17) is 14.6 Å². The van der Waals surface area contributed by atoms with Gasteiger partial charge in [-0.15, -0.1) is 0 Å². The Morgan fingerprint density at radius 3 is 2.41 bits per heavy atom. The molecule has 1 heterocycles. The van der Waals surface area contributed by atoms with Crippen molar-refractivity contribution in [3.05, 3.63) is 23.8 Å². The van der Waals surface area contributed by atoms with Gasteiger partial charge in [0.15, 0.2) is 6.29 Å². The summed E-state index contributed by atoms with van der Waals surface area (Å²) in [5.74, 6) is 0. The summed E-state index contributed by atoms with van der Waals surface area (Å²) in [5, 5.41) is 38.2. The molecule has 1 aliphatic heterocycles. The molecule has 128 valence electrons. The molecule has 5 atom stereocenters. The first kappa shape index (κ1) is 19.3. The Bertz CT molecular complexity index is 375. The normalized spacial score (nSPS) is 31.8. The third kappa shape index (κ3) is 5.79. The lowest BCUT2D eigenvalue weighted by atomic mass is 9.99. The molecule has 6 heteroatoms. The highest BCUT2D eigenvalue weighted by Crippen LogP contribution is 2.22. The first-order valence-electron chi connectivity index (χ1n) is 7.59. The molecule has 1 rings (SSSR count). The molecule has 1 fully saturated rings. The summed E-state index contributed by atoms with van der Waals surface area (Å²) in [7, 11) is 0. The van der Waals surface area contributed by atoms with E-state index in [1.807, 2.05) is 13.8 Å². The van der Waals surface area contributed by atoms with Crippen LogP contribution in [-0.4, -0.2) is 64.3 Å². The van der Waals surface area contributed by atoms with Crippen molar-refractivity contribution in [1.82, 2.24) is 0 Å². The standard InChI is InChI=1S/C16H28O6/c1-10(2)5-4-6-11(3)7-8-21-16-15(20)14(19)13(18)12(9-17)22-16/h5,12-20H,3-4,6-9H2,1-2H3/t12-,13-,14+,15-,16-/m1/s1. The van der Waals surface area contributed by atoms with Crippen LogP contribution in [0.15, 0.2) is 23.8 Å². The summed E-state index contributed by atoms with van der Waals surface area (Å²) in [6.45, 7) is 7.89. The van der Waals surface area contributed by atoms with Crippen molar-refractivity contribution in [2.24, 2.45) is 0 Å². The van der Waals surface area contributed by atoms with Crippen molar-refractivity contribution in [1.29, 1.82) is 0 Å². The molecule has 1 saturated heterocycles. The van der Waals surface area contributed by atoms with E-state index in [1.54, 1.807) is 0 Å². The molecule has 0 bridgehead atoms. The average Bonchev–Trinajstić information content (AvgIpc) is 2.47. The molecule has 22 heavy (non-hydrogen) atoms. The average molecular weight is 316 g/mol. The second-order valence-corrected chi connectivity index (χ2v) is 5.89. The number of hydrogen-bond donors (Lipinski definition) is 4. The van der Waals surface area contributed by atoms with Crippen molar-refractivity contribution in [3.63, 3.8) is 0 Å². The highest BCUT2D eigenvalue weighted by Gasteiger charge is 2.43. The number of aliphatic hydroxyl groups is 4. The predicted octanol–water partition coefficient (Wildman–Crippen LogP) is 0.496. The zero-order chi connectivity index (χ0) is 16.7. The van der Waals surface area contributed by atoms with Crippen molar-refractivity contribution >= 4 is 0 Å². The van der Waals surface area contributed by atoms with Gasteiger partial charge in [0, 0.05) is 0 Å². The molecule has 6 nitrogen and oxygen atoms in total. The monoisotopic (exact) mass is 316 g/mol. The Hall–Kier alpha value is -0.760. The topological polar surface area (TPSA) is 99.4 Å². The number of aliphatic hydroxyl groups excluding tert-OH is 4. The number of allylic oxidation sites excluding steroid dienone is 2. The minimum absolute atomic E-state index is 0.288. The minimum atomic E-state index is -1.41. The van der Waals surface area contributed by atoms with Crippen LogP contribution in [0.2, 0.25) is 0 Å². The van der Waals surface area contributed by atoms with Crippen LogP contribution >= 0.6 is 0 Å². The number of hydrogen-bond acceptors (Lipinski definition) is 6. The molecule has 0 amide bonds. The summed E-state index contributed by atoms with van der Waals surface area (Å²) in [6, 6.07) is 0. The van der Waals surface area contributed by atoms with Gasteiger partial charge >= 0.3 is 0 Å². The van der Waals surface area contributed by atoms with Gasteiger partial charge < -0.3 is 29.9 Å². The van der Waals surface area contributed by atoms with Crippen molar-refractivity contribution in [2.45, 2.75) is 63.8 Å². The first-order chi connectivity index (χ1) is 10.4. The van der Waals surface area contributed by atoms with Crippen LogP contribution in [0.4, 0.5) is 0 Å². The van der Waals surface area contributed by atoms with E-state index in [9.17, 15) is 15.3 Å². The van der Waals surface area contributed by atoms with E-state index in [-0.39, 0.29) is 6.61 Å². The molecule has 0 aromatic heterocycles. The van der Waals surface area contributed by atoms with E-state index >= 15 is 0 Å². The maximum atomic E-state index is 9.82. The van der Waals surface area contributed by atoms with E-state index in [1.165, 1.54) is 5.57 Å². The zero-order valence-corrected chi connectivity index (χ0v) is 13.3. The van der Waals surface area contributed by atoms with Crippen molar-refractivity contribution in [2.75, 3.05) is 13.2 Å². The van der Waals surface area contributed by atoms with E-state index in [0.717, 1.165) is 18.4 Å². The maximum absolute atomic E-state index is 9.82. The maximum Gasteiger partial charge on any atom is 0.186 e. The van der Waals surface area contributed by atoms with Gasteiger partial charge in [0.2, 0.25) is 0 Å². The summed E-state index contributed by atoms with van der Waals surface area (Å²) in [5.41, 5.74) is 2.30. The van der Waals surface area contributed by atoms with Crippen LogP contribution in [0, 0.1) is 0 Å². The van der Waals surface area contributed by atoms with Gasteiger partial charge in [0.05, 0.1) is 13.2 Å².